The van der Waals surface area contributed by atoms with E-state index in [0.717, 1.165) is 0 Å². The molecule has 0 bridgehead atoms. The van der Waals surface area contributed by atoms with Gasteiger partial charge in [-0.3, -0.25) is 5.01 Å². The molecule has 2 rings (SSSR count). The zero-order valence-corrected chi connectivity index (χ0v) is 7.46. The van der Waals surface area contributed by atoms with Gasteiger partial charge in [0, 0.05) is 7.05 Å². The SMILES string of the molecule is CN1NC(=O)Nc2c(Cl)ncnc21. The number of urea groups is 1. The molecule has 2 amide bonds. The molecule has 1 aromatic rings. The standard InChI is InChI=1S/C6H6ClN5O/c1-12-5-3(10-6(13)11-12)4(7)8-2-9-5/h2H,1H3,(H2,10,11,13). The number of anilines is 2. The van der Waals surface area contributed by atoms with Gasteiger partial charge >= 0.3 is 6.03 Å². The van der Waals surface area contributed by atoms with Gasteiger partial charge in [0.05, 0.1) is 0 Å². The number of rotatable bonds is 0. The lowest BCUT2D eigenvalue weighted by Crippen LogP contribution is -2.46. The van der Waals surface area contributed by atoms with E-state index in [1.54, 1.807) is 7.05 Å². The third-order valence-corrected chi connectivity index (χ3v) is 1.89. The summed E-state index contributed by atoms with van der Waals surface area (Å²) in [6.07, 6.45) is 1.33. The Bertz CT molecular complexity index is 368. The highest BCUT2D eigenvalue weighted by Gasteiger charge is 2.22. The van der Waals surface area contributed by atoms with E-state index in [-0.39, 0.29) is 11.2 Å². The monoisotopic (exact) mass is 199 g/mol. The van der Waals surface area contributed by atoms with Gasteiger partial charge in [0.1, 0.15) is 12.0 Å². The van der Waals surface area contributed by atoms with Gasteiger partial charge in [0.25, 0.3) is 0 Å². The van der Waals surface area contributed by atoms with Gasteiger partial charge in [-0.15, -0.1) is 0 Å². The van der Waals surface area contributed by atoms with Crippen molar-refractivity contribution >= 4 is 29.1 Å². The molecule has 0 saturated heterocycles. The van der Waals surface area contributed by atoms with Crippen molar-refractivity contribution in [3.63, 3.8) is 0 Å². The maximum Gasteiger partial charge on any atom is 0.338 e. The number of nitrogens with zero attached hydrogens (tertiary/aromatic N) is 3. The normalized spacial score (nSPS) is 14.6. The second kappa shape index (κ2) is 2.74. The fraction of sp³-hybridized carbons (Fsp3) is 0.167. The number of halogens is 1. The summed E-state index contributed by atoms with van der Waals surface area (Å²) in [6, 6.07) is -0.355. The van der Waals surface area contributed by atoms with Crippen LogP contribution in [0.5, 0.6) is 0 Å². The zero-order chi connectivity index (χ0) is 9.42. The van der Waals surface area contributed by atoms with E-state index in [4.69, 9.17) is 11.6 Å². The molecule has 0 fully saturated rings. The molecule has 1 aromatic heterocycles. The van der Waals surface area contributed by atoms with Crippen LogP contribution >= 0.6 is 11.6 Å². The highest BCUT2D eigenvalue weighted by atomic mass is 35.5. The molecule has 0 atom stereocenters. The van der Waals surface area contributed by atoms with E-state index < -0.39 is 0 Å². The van der Waals surface area contributed by atoms with Gasteiger partial charge in [-0.25, -0.2) is 20.2 Å². The van der Waals surface area contributed by atoms with Crippen molar-refractivity contribution in [3.05, 3.63) is 11.5 Å². The molecule has 2 N–H and O–H groups in total. The Balaban J connectivity index is 2.54. The van der Waals surface area contributed by atoms with Crippen LogP contribution in [0.25, 0.3) is 0 Å². The van der Waals surface area contributed by atoms with Crippen LogP contribution < -0.4 is 15.8 Å². The molecule has 0 aliphatic carbocycles. The number of hydrogen-bond acceptors (Lipinski definition) is 4. The van der Waals surface area contributed by atoms with Crippen molar-refractivity contribution in [3.8, 4) is 0 Å². The topological polar surface area (TPSA) is 70.2 Å². The van der Waals surface area contributed by atoms with Crippen LogP contribution in [-0.2, 0) is 0 Å². The van der Waals surface area contributed by atoms with E-state index in [1.165, 1.54) is 11.3 Å². The minimum absolute atomic E-state index is 0.228. The summed E-state index contributed by atoms with van der Waals surface area (Å²) in [5, 5.41) is 4.21. The maximum absolute atomic E-state index is 11.0. The first-order valence-electron chi connectivity index (χ1n) is 3.50. The highest BCUT2D eigenvalue weighted by molar-refractivity contribution is 6.33. The van der Waals surface area contributed by atoms with Crippen molar-refractivity contribution < 1.29 is 4.79 Å². The van der Waals surface area contributed by atoms with Gasteiger partial charge in [-0.1, -0.05) is 11.6 Å². The molecule has 0 aromatic carbocycles. The van der Waals surface area contributed by atoms with E-state index in [9.17, 15) is 4.79 Å². The van der Waals surface area contributed by atoms with Crippen LogP contribution in [0.3, 0.4) is 0 Å². The second-order valence-corrected chi connectivity index (χ2v) is 2.85. The first-order valence-corrected chi connectivity index (χ1v) is 3.88. The fourth-order valence-electron chi connectivity index (χ4n) is 1.06. The van der Waals surface area contributed by atoms with Crippen LogP contribution in [0.15, 0.2) is 6.33 Å². The summed E-state index contributed by atoms with van der Waals surface area (Å²) in [5.41, 5.74) is 2.92. The molecular weight excluding hydrogens is 194 g/mol. The molecule has 7 heteroatoms. The number of nitrogens with one attached hydrogen (secondary N) is 2. The molecular formula is C6H6ClN5O. The molecule has 0 unspecified atom stereocenters. The van der Waals surface area contributed by atoms with Gasteiger partial charge in [0.15, 0.2) is 11.0 Å². The summed E-state index contributed by atoms with van der Waals surface area (Å²) in [5.74, 6) is 0.541. The summed E-state index contributed by atoms with van der Waals surface area (Å²) in [4.78, 5) is 18.7. The van der Waals surface area contributed by atoms with E-state index in [0.29, 0.717) is 11.5 Å². The molecule has 1 aliphatic heterocycles. The Morgan fingerprint density at radius 3 is 3.08 bits per heavy atom. The Hall–Kier alpha value is -1.56. The first kappa shape index (κ1) is 8.06. The fourth-order valence-corrected chi connectivity index (χ4v) is 1.24. The number of carbonyl (C=O) groups is 1. The molecule has 2 heterocycles. The molecule has 6 nitrogen and oxygen atoms in total. The van der Waals surface area contributed by atoms with Crippen LogP contribution in [0, 0.1) is 0 Å². The number of fused-ring (bicyclic) bond motifs is 1. The average Bonchev–Trinajstić information content (AvgIpc) is 2.07. The van der Waals surface area contributed by atoms with Gasteiger partial charge < -0.3 is 5.32 Å². The molecule has 1 aliphatic rings. The lowest BCUT2D eigenvalue weighted by Gasteiger charge is -2.26. The summed E-state index contributed by atoms with van der Waals surface area (Å²) < 4.78 is 0. The van der Waals surface area contributed by atoms with Crippen molar-refractivity contribution in [2.75, 3.05) is 17.4 Å². The van der Waals surface area contributed by atoms with Crippen molar-refractivity contribution in [1.29, 1.82) is 0 Å². The number of aromatic nitrogens is 2. The van der Waals surface area contributed by atoms with Crippen molar-refractivity contribution in [2.24, 2.45) is 0 Å². The third-order valence-electron chi connectivity index (χ3n) is 1.61. The Labute approximate surface area is 78.9 Å². The van der Waals surface area contributed by atoms with Crippen molar-refractivity contribution in [2.45, 2.75) is 0 Å². The Morgan fingerprint density at radius 1 is 1.54 bits per heavy atom. The summed E-state index contributed by atoms with van der Waals surface area (Å²) in [7, 11) is 1.67. The molecule has 0 radical (unpaired) electrons. The van der Waals surface area contributed by atoms with Gasteiger partial charge in [0.2, 0.25) is 0 Å². The Kier molecular flexibility index (Phi) is 1.70. The minimum Gasteiger partial charge on any atom is -0.301 e. The summed E-state index contributed by atoms with van der Waals surface area (Å²) in [6.45, 7) is 0. The predicted octanol–water partition coefficient (Wildman–Crippen LogP) is 0.616. The van der Waals surface area contributed by atoms with E-state index in [1.807, 2.05) is 0 Å². The summed E-state index contributed by atoms with van der Waals surface area (Å²) >= 11 is 5.75. The van der Waals surface area contributed by atoms with E-state index in [2.05, 4.69) is 20.7 Å². The first-order chi connectivity index (χ1) is 6.18. The lowest BCUT2D eigenvalue weighted by atomic mass is 10.4. The largest absolute Gasteiger partial charge is 0.338 e. The molecule has 68 valence electrons. The van der Waals surface area contributed by atoms with E-state index >= 15 is 0 Å². The molecule has 13 heavy (non-hydrogen) atoms. The number of amides is 2. The number of carbonyl (C=O) groups excluding carboxylic acids is 1. The molecule has 0 spiro atoms. The van der Waals surface area contributed by atoms with Gasteiger partial charge in [-0.2, -0.15) is 0 Å². The van der Waals surface area contributed by atoms with Crippen molar-refractivity contribution in [1.82, 2.24) is 15.4 Å². The number of hydrogen-bond donors (Lipinski definition) is 2. The zero-order valence-electron chi connectivity index (χ0n) is 6.71. The third kappa shape index (κ3) is 1.25. The Morgan fingerprint density at radius 2 is 2.31 bits per heavy atom. The number of hydrazine groups is 1. The smallest absolute Gasteiger partial charge is 0.301 e. The highest BCUT2D eigenvalue weighted by Crippen LogP contribution is 2.29. The second-order valence-electron chi connectivity index (χ2n) is 2.49. The van der Waals surface area contributed by atoms with Crippen LogP contribution in [-0.4, -0.2) is 23.0 Å². The average molecular weight is 200 g/mol. The lowest BCUT2D eigenvalue weighted by molar-refractivity contribution is 0.251. The van der Waals surface area contributed by atoms with Crippen LogP contribution in [0.4, 0.5) is 16.3 Å². The quantitative estimate of drug-likeness (QED) is 0.601. The van der Waals surface area contributed by atoms with Crippen LogP contribution in [0.1, 0.15) is 0 Å². The van der Waals surface area contributed by atoms with Gasteiger partial charge in [-0.05, 0) is 0 Å². The molecule has 0 saturated carbocycles. The maximum atomic E-state index is 11.0. The predicted molar refractivity (Wildman–Crippen MR) is 47.6 cm³/mol. The van der Waals surface area contributed by atoms with Crippen LogP contribution in [0.2, 0.25) is 5.15 Å². The minimum atomic E-state index is -0.355.